The van der Waals surface area contributed by atoms with Gasteiger partial charge in [-0.05, 0) is 12.3 Å². The van der Waals surface area contributed by atoms with Crippen LogP contribution in [0.5, 0.6) is 0 Å². The van der Waals surface area contributed by atoms with Gasteiger partial charge in [-0.15, -0.1) is 11.3 Å². The Balaban J connectivity index is 2.58. The van der Waals surface area contributed by atoms with E-state index in [4.69, 9.17) is 5.11 Å². The summed E-state index contributed by atoms with van der Waals surface area (Å²) < 4.78 is 0. The first-order valence-electron chi connectivity index (χ1n) is 6.77. The quantitative estimate of drug-likeness (QED) is 0.811. The monoisotopic (exact) mass is 298 g/mol. The lowest BCUT2D eigenvalue weighted by molar-refractivity contribution is -0.142. The molecule has 0 aliphatic heterocycles. The first-order valence-corrected chi connectivity index (χ1v) is 7.65. The largest absolute Gasteiger partial charge is 0.481 e. The van der Waals surface area contributed by atoms with E-state index in [9.17, 15) is 9.59 Å². The zero-order valence-corrected chi connectivity index (χ0v) is 13.2. The first kappa shape index (κ1) is 16.6. The highest BCUT2D eigenvalue weighted by Crippen LogP contribution is 2.19. The number of rotatable bonds is 7. The van der Waals surface area contributed by atoms with Gasteiger partial charge < -0.3 is 10.4 Å². The fraction of sp³-hybridized carbons (Fsp3) is 0.643. The van der Waals surface area contributed by atoms with E-state index in [0.717, 1.165) is 5.01 Å². The van der Waals surface area contributed by atoms with Crippen molar-refractivity contribution < 1.29 is 14.7 Å². The molecule has 0 saturated heterocycles. The van der Waals surface area contributed by atoms with Gasteiger partial charge in [-0.2, -0.15) is 0 Å². The molecular weight excluding hydrogens is 276 g/mol. The Labute approximate surface area is 123 Å². The number of hydrogen-bond donors (Lipinski definition) is 2. The molecule has 0 aliphatic rings. The molecule has 0 fully saturated rings. The van der Waals surface area contributed by atoms with Crippen LogP contribution in [0.15, 0.2) is 5.38 Å². The van der Waals surface area contributed by atoms with Crippen LogP contribution in [0.3, 0.4) is 0 Å². The number of hydrogen-bond acceptors (Lipinski definition) is 4. The van der Waals surface area contributed by atoms with Crippen molar-refractivity contribution in [3.8, 4) is 0 Å². The van der Waals surface area contributed by atoms with Crippen LogP contribution in [0.2, 0.25) is 0 Å². The molecule has 0 aliphatic carbocycles. The number of amides is 1. The van der Waals surface area contributed by atoms with Gasteiger partial charge in [-0.3, -0.25) is 9.59 Å². The highest BCUT2D eigenvalue weighted by Gasteiger charge is 2.21. The smallest absolute Gasteiger partial charge is 0.308 e. The van der Waals surface area contributed by atoms with Crippen molar-refractivity contribution in [1.29, 1.82) is 0 Å². The molecule has 1 aromatic rings. The average Bonchev–Trinajstić information content (AvgIpc) is 2.82. The molecule has 0 aromatic carbocycles. The van der Waals surface area contributed by atoms with Crippen LogP contribution in [-0.4, -0.2) is 28.5 Å². The Bertz CT molecular complexity index is 469. The number of thiazole rings is 1. The van der Waals surface area contributed by atoms with E-state index in [1.54, 1.807) is 5.38 Å². The summed E-state index contributed by atoms with van der Waals surface area (Å²) in [4.78, 5) is 27.3. The summed E-state index contributed by atoms with van der Waals surface area (Å²) in [6.45, 7) is 8.11. The van der Waals surface area contributed by atoms with Gasteiger partial charge >= 0.3 is 5.97 Å². The highest BCUT2D eigenvalue weighted by atomic mass is 32.1. The fourth-order valence-corrected chi connectivity index (χ4v) is 2.62. The van der Waals surface area contributed by atoms with Gasteiger partial charge in [-0.1, -0.05) is 27.7 Å². The van der Waals surface area contributed by atoms with Gasteiger partial charge in [0.25, 0.3) is 5.91 Å². The molecule has 20 heavy (non-hydrogen) atoms. The van der Waals surface area contributed by atoms with E-state index in [0.29, 0.717) is 12.1 Å². The molecule has 0 saturated carbocycles. The van der Waals surface area contributed by atoms with E-state index in [-0.39, 0.29) is 24.3 Å². The van der Waals surface area contributed by atoms with Crippen LogP contribution in [0.25, 0.3) is 0 Å². The van der Waals surface area contributed by atoms with Crippen molar-refractivity contribution in [3.63, 3.8) is 0 Å². The van der Waals surface area contributed by atoms with Crippen molar-refractivity contribution in [3.05, 3.63) is 16.1 Å². The van der Waals surface area contributed by atoms with E-state index in [1.807, 2.05) is 27.7 Å². The third-order valence-electron chi connectivity index (χ3n) is 2.86. The second-order valence-electron chi connectivity index (χ2n) is 5.60. The Morgan fingerprint density at radius 2 is 2.00 bits per heavy atom. The normalized spacial score (nSPS) is 12.7. The summed E-state index contributed by atoms with van der Waals surface area (Å²) in [6, 6.07) is 0. The zero-order valence-electron chi connectivity index (χ0n) is 12.3. The molecule has 1 aromatic heterocycles. The standard InChI is InChI=1S/C14H22N2O3S/c1-8(2)5-10(14(18)19)6-15-12(17)11-7-20-13(16-11)9(3)4/h7-10H,5-6H2,1-4H3,(H,15,17)(H,18,19). The Morgan fingerprint density at radius 3 is 2.45 bits per heavy atom. The summed E-state index contributed by atoms with van der Waals surface area (Å²) in [5, 5.41) is 14.4. The van der Waals surface area contributed by atoms with Crippen molar-refractivity contribution in [2.75, 3.05) is 6.54 Å². The molecule has 0 spiro atoms. The molecule has 1 atom stereocenters. The topological polar surface area (TPSA) is 79.3 Å². The van der Waals surface area contributed by atoms with E-state index >= 15 is 0 Å². The number of carbonyl (C=O) groups excluding carboxylic acids is 1. The van der Waals surface area contributed by atoms with Crippen molar-refractivity contribution >= 4 is 23.2 Å². The Kier molecular flexibility index (Phi) is 6.13. The Hall–Kier alpha value is -1.43. The number of aromatic nitrogens is 1. The second kappa shape index (κ2) is 7.38. The van der Waals surface area contributed by atoms with Crippen molar-refractivity contribution in [2.24, 2.45) is 11.8 Å². The summed E-state index contributed by atoms with van der Waals surface area (Å²) in [5.41, 5.74) is 0.368. The minimum Gasteiger partial charge on any atom is -0.481 e. The lowest BCUT2D eigenvalue weighted by atomic mass is 9.97. The minimum atomic E-state index is -0.875. The van der Waals surface area contributed by atoms with Crippen LogP contribution in [-0.2, 0) is 4.79 Å². The van der Waals surface area contributed by atoms with Gasteiger partial charge in [0.05, 0.1) is 10.9 Å². The summed E-state index contributed by atoms with van der Waals surface area (Å²) in [7, 11) is 0. The number of nitrogens with one attached hydrogen (secondary N) is 1. The van der Waals surface area contributed by atoms with Crippen molar-refractivity contribution in [2.45, 2.75) is 40.0 Å². The average molecular weight is 298 g/mol. The fourth-order valence-electron chi connectivity index (χ4n) is 1.80. The van der Waals surface area contributed by atoms with Gasteiger partial charge in [0.15, 0.2) is 0 Å². The second-order valence-corrected chi connectivity index (χ2v) is 6.49. The summed E-state index contributed by atoms with van der Waals surface area (Å²) in [6.07, 6.45) is 0.546. The number of aliphatic carboxylic acids is 1. The molecule has 1 heterocycles. The van der Waals surface area contributed by atoms with E-state index in [2.05, 4.69) is 10.3 Å². The molecule has 0 bridgehead atoms. The number of nitrogens with zero attached hydrogens (tertiary/aromatic N) is 1. The van der Waals surface area contributed by atoms with Gasteiger partial charge in [0.1, 0.15) is 5.69 Å². The van der Waals surface area contributed by atoms with E-state index < -0.39 is 11.9 Å². The molecular formula is C14H22N2O3S. The molecule has 5 nitrogen and oxygen atoms in total. The van der Waals surface area contributed by atoms with Crippen LogP contribution in [0.4, 0.5) is 0 Å². The summed E-state index contributed by atoms with van der Waals surface area (Å²) >= 11 is 1.45. The molecule has 1 unspecified atom stereocenters. The molecule has 1 amide bonds. The maximum atomic E-state index is 11.9. The first-order chi connectivity index (χ1) is 9.31. The highest BCUT2D eigenvalue weighted by molar-refractivity contribution is 7.09. The number of carbonyl (C=O) groups is 2. The van der Waals surface area contributed by atoms with Gasteiger partial charge in [-0.25, -0.2) is 4.98 Å². The molecule has 112 valence electrons. The number of carboxylic acids is 1. The zero-order chi connectivity index (χ0) is 15.3. The van der Waals surface area contributed by atoms with Crippen LogP contribution in [0, 0.1) is 11.8 Å². The minimum absolute atomic E-state index is 0.140. The van der Waals surface area contributed by atoms with Crippen LogP contribution < -0.4 is 5.32 Å². The van der Waals surface area contributed by atoms with Crippen LogP contribution >= 0.6 is 11.3 Å². The molecule has 0 radical (unpaired) electrons. The van der Waals surface area contributed by atoms with Gasteiger partial charge in [0, 0.05) is 17.8 Å². The lowest BCUT2D eigenvalue weighted by Crippen LogP contribution is -2.33. The predicted molar refractivity (Wildman–Crippen MR) is 79.1 cm³/mol. The molecule has 1 rings (SSSR count). The third-order valence-corrected chi connectivity index (χ3v) is 4.01. The third kappa shape index (κ3) is 4.92. The van der Waals surface area contributed by atoms with Crippen LogP contribution in [0.1, 0.15) is 55.5 Å². The SMILES string of the molecule is CC(C)CC(CNC(=O)c1csc(C(C)C)n1)C(=O)O. The number of carboxylic acid groups (broad SMARTS) is 1. The Morgan fingerprint density at radius 1 is 1.35 bits per heavy atom. The predicted octanol–water partition coefficient (Wildman–Crippen LogP) is 2.74. The molecule has 6 heteroatoms. The van der Waals surface area contributed by atoms with E-state index in [1.165, 1.54) is 11.3 Å². The summed E-state index contributed by atoms with van der Waals surface area (Å²) in [5.74, 6) is -1.17. The lowest BCUT2D eigenvalue weighted by Gasteiger charge is -2.14. The maximum Gasteiger partial charge on any atom is 0.308 e. The van der Waals surface area contributed by atoms with Crippen molar-refractivity contribution in [1.82, 2.24) is 10.3 Å². The molecule has 2 N–H and O–H groups in total. The van der Waals surface area contributed by atoms with Gasteiger partial charge in [0.2, 0.25) is 0 Å². The maximum absolute atomic E-state index is 11.9.